The summed E-state index contributed by atoms with van der Waals surface area (Å²) in [5.74, 6) is 0.178. The van der Waals surface area contributed by atoms with E-state index in [1.807, 2.05) is 24.3 Å². The second-order valence-electron chi connectivity index (χ2n) is 5.68. The largest absolute Gasteiger partial charge is 0.484 e. The van der Waals surface area contributed by atoms with E-state index in [0.29, 0.717) is 22.3 Å². The maximum atomic E-state index is 11.9. The Hall–Kier alpha value is -2.53. The number of hydrazine groups is 1. The molecule has 2 aromatic rings. The van der Waals surface area contributed by atoms with Gasteiger partial charge in [0.15, 0.2) is 6.61 Å². The fourth-order valence-electron chi connectivity index (χ4n) is 2.14. The first kappa shape index (κ1) is 18.8. The van der Waals surface area contributed by atoms with E-state index in [-0.39, 0.29) is 6.61 Å². The molecule has 0 aliphatic carbocycles. The van der Waals surface area contributed by atoms with E-state index >= 15 is 0 Å². The lowest BCUT2D eigenvalue weighted by Crippen LogP contribution is -2.43. The Labute approximate surface area is 152 Å². The van der Waals surface area contributed by atoms with Gasteiger partial charge in [-0.2, -0.15) is 0 Å². The Morgan fingerprint density at radius 1 is 1.12 bits per heavy atom. The third-order valence-electron chi connectivity index (χ3n) is 3.83. The molecule has 2 amide bonds. The highest BCUT2D eigenvalue weighted by atomic mass is 35.5. The van der Waals surface area contributed by atoms with E-state index < -0.39 is 11.8 Å². The summed E-state index contributed by atoms with van der Waals surface area (Å²) >= 11 is 5.82. The predicted octanol–water partition coefficient (Wildman–Crippen LogP) is 3.69. The van der Waals surface area contributed by atoms with Gasteiger partial charge in [0.1, 0.15) is 5.75 Å². The molecule has 2 N–H and O–H groups in total. The zero-order chi connectivity index (χ0) is 18.2. The van der Waals surface area contributed by atoms with E-state index in [2.05, 4.69) is 24.7 Å². The minimum atomic E-state index is -0.457. The van der Waals surface area contributed by atoms with Crippen molar-refractivity contribution in [2.24, 2.45) is 0 Å². The van der Waals surface area contributed by atoms with Crippen LogP contribution >= 0.6 is 11.6 Å². The van der Waals surface area contributed by atoms with Crippen LogP contribution < -0.4 is 15.6 Å². The molecule has 25 heavy (non-hydrogen) atoms. The molecule has 2 aromatic carbocycles. The van der Waals surface area contributed by atoms with Gasteiger partial charge in [0.05, 0.1) is 0 Å². The number of hydrogen-bond acceptors (Lipinski definition) is 3. The second kappa shape index (κ2) is 9.08. The van der Waals surface area contributed by atoms with Gasteiger partial charge in [-0.25, -0.2) is 0 Å². The van der Waals surface area contributed by atoms with Gasteiger partial charge in [0.2, 0.25) is 0 Å². The molecule has 2 rings (SSSR count). The molecule has 0 bridgehead atoms. The SMILES string of the molecule is CCC(C)c1ccc(OCC(=O)NNC(=O)c2cccc(Cl)c2)cc1. The lowest BCUT2D eigenvalue weighted by atomic mass is 9.99. The van der Waals surface area contributed by atoms with Crippen molar-refractivity contribution in [2.75, 3.05) is 6.61 Å². The van der Waals surface area contributed by atoms with Gasteiger partial charge in [-0.3, -0.25) is 20.4 Å². The molecule has 0 saturated carbocycles. The number of halogens is 1. The third kappa shape index (κ3) is 5.80. The number of amides is 2. The van der Waals surface area contributed by atoms with Crippen LogP contribution in [0.2, 0.25) is 5.02 Å². The molecule has 0 aliphatic rings. The zero-order valence-electron chi connectivity index (χ0n) is 14.2. The summed E-state index contributed by atoms with van der Waals surface area (Å²) in [7, 11) is 0. The molecule has 0 fully saturated rings. The number of hydrogen-bond donors (Lipinski definition) is 2. The molecule has 5 nitrogen and oxygen atoms in total. The lowest BCUT2D eigenvalue weighted by Gasteiger charge is -2.11. The van der Waals surface area contributed by atoms with Gasteiger partial charge in [-0.15, -0.1) is 0 Å². The molecule has 0 radical (unpaired) electrons. The number of ether oxygens (including phenoxy) is 1. The van der Waals surface area contributed by atoms with Crippen LogP contribution in [0.1, 0.15) is 42.1 Å². The van der Waals surface area contributed by atoms with Crippen molar-refractivity contribution in [2.45, 2.75) is 26.2 Å². The Bertz CT molecular complexity index is 732. The number of benzene rings is 2. The number of carbonyl (C=O) groups excluding carboxylic acids is 2. The van der Waals surface area contributed by atoms with Crippen molar-refractivity contribution in [1.82, 2.24) is 10.9 Å². The Kier molecular flexibility index (Phi) is 6.83. The van der Waals surface area contributed by atoms with Crippen molar-refractivity contribution < 1.29 is 14.3 Å². The van der Waals surface area contributed by atoms with E-state index in [1.54, 1.807) is 18.2 Å². The number of rotatable bonds is 6. The summed E-state index contributed by atoms with van der Waals surface area (Å²) in [6.07, 6.45) is 1.06. The highest BCUT2D eigenvalue weighted by Crippen LogP contribution is 2.21. The maximum absolute atomic E-state index is 11.9. The first-order valence-corrected chi connectivity index (χ1v) is 8.45. The summed E-state index contributed by atoms with van der Waals surface area (Å²) in [6.45, 7) is 4.10. The second-order valence-corrected chi connectivity index (χ2v) is 6.12. The van der Waals surface area contributed by atoms with E-state index in [1.165, 1.54) is 11.6 Å². The van der Waals surface area contributed by atoms with Gasteiger partial charge in [0.25, 0.3) is 11.8 Å². The monoisotopic (exact) mass is 360 g/mol. The molecular formula is C19H21ClN2O3. The molecule has 1 unspecified atom stereocenters. The summed E-state index contributed by atoms with van der Waals surface area (Å²) < 4.78 is 5.41. The molecule has 0 heterocycles. The number of nitrogens with one attached hydrogen (secondary N) is 2. The van der Waals surface area contributed by atoms with Crippen molar-refractivity contribution in [1.29, 1.82) is 0 Å². The molecule has 0 spiro atoms. The molecule has 1 atom stereocenters. The highest BCUT2D eigenvalue weighted by molar-refractivity contribution is 6.30. The van der Waals surface area contributed by atoms with Gasteiger partial charge < -0.3 is 4.74 Å². The summed E-state index contributed by atoms with van der Waals surface area (Å²) in [5, 5.41) is 0.447. The fraction of sp³-hybridized carbons (Fsp3) is 0.263. The van der Waals surface area contributed by atoms with Crippen LogP contribution in [0.25, 0.3) is 0 Å². The molecule has 6 heteroatoms. The molecule has 0 saturated heterocycles. The van der Waals surface area contributed by atoms with Crippen LogP contribution in [-0.2, 0) is 4.79 Å². The highest BCUT2D eigenvalue weighted by Gasteiger charge is 2.09. The van der Waals surface area contributed by atoms with Crippen LogP contribution in [-0.4, -0.2) is 18.4 Å². The summed E-state index contributed by atoms with van der Waals surface area (Å²) in [6, 6.07) is 14.1. The fourth-order valence-corrected chi connectivity index (χ4v) is 2.33. The average Bonchev–Trinajstić information content (AvgIpc) is 2.64. The van der Waals surface area contributed by atoms with Crippen LogP contribution in [0.3, 0.4) is 0 Å². The molecule has 132 valence electrons. The van der Waals surface area contributed by atoms with Gasteiger partial charge >= 0.3 is 0 Å². The van der Waals surface area contributed by atoms with Crippen LogP contribution in [0.5, 0.6) is 5.75 Å². The van der Waals surface area contributed by atoms with Gasteiger partial charge in [-0.1, -0.05) is 43.6 Å². The van der Waals surface area contributed by atoms with Crippen LogP contribution in [0, 0.1) is 0 Å². The Morgan fingerprint density at radius 2 is 1.84 bits per heavy atom. The summed E-state index contributed by atoms with van der Waals surface area (Å²) in [5.41, 5.74) is 6.21. The van der Waals surface area contributed by atoms with Crippen LogP contribution in [0.4, 0.5) is 0 Å². The van der Waals surface area contributed by atoms with Crippen molar-refractivity contribution in [3.05, 3.63) is 64.7 Å². The van der Waals surface area contributed by atoms with Crippen molar-refractivity contribution >= 4 is 23.4 Å². The van der Waals surface area contributed by atoms with E-state index in [4.69, 9.17) is 16.3 Å². The number of carbonyl (C=O) groups is 2. The first-order valence-electron chi connectivity index (χ1n) is 8.07. The minimum Gasteiger partial charge on any atom is -0.484 e. The standard InChI is InChI=1S/C19H21ClN2O3/c1-3-13(2)14-7-9-17(10-8-14)25-12-18(23)21-22-19(24)15-5-4-6-16(20)11-15/h4-11,13H,3,12H2,1-2H3,(H,21,23)(H,22,24). The molecular weight excluding hydrogens is 340 g/mol. The quantitative estimate of drug-likeness (QED) is 0.772. The third-order valence-corrected chi connectivity index (χ3v) is 4.07. The topological polar surface area (TPSA) is 67.4 Å². The molecule has 0 aromatic heterocycles. The van der Waals surface area contributed by atoms with E-state index in [0.717, 1.165) is 6.42 Å². The van der Waals surface area contributed by atoms with Crippen LogP contribution in [0.15, 0.2) is 48.5 Å². The average molecular weight is 361 g/mol. The lowest BCUT2D eigenvalue weighted by molar-refractivity contribution is -0.123. The predicted molar refractivity (Wildman–Crippen MR) is 97.7 cm³/mol. The van der Waals surface area contributed by atoms with E-state index in [9.17, 15) is 9.59 Å². The minimum absolute atomic E-state index is 0.196. The zero-order valence-corrected chi connectivity index (χ0v) is 15.0. The van der Waals surface area contributed by atoms with Crippen molar-refractivity contribution in [3.8, 4) is 5.75 Å². The first-order chi connectivity index (χ1) is 12.0. The smallest absolute Gasteiger partial charge is 0.276 e. The Morgan fingerprint density at radius 3 is 2.48 bits per heavy atom. The Balaban J connectivity index is 1.78. The molecule has 0 aliphatic heterocycles. The van der Waals surface area contributed by atoms with Crippen molar-refractivity contribution in [3.63, 3.8) is 0 Å². The van der Waals surface area contributed by atoms with Gasteiger partial charge in [-0.05, 0) is 48.2 Å². The van der Waals surface area contributed by atoms with Gasteiger partial charge in [0, 0.05) is 10.6 Å². The maximum Gasteiger partial charge on any atom is 0.276 e. The normalized spacial score (nSPS) is 11.5. The summed E-state index contributed by atoms with van der Waals surface area (Å²) in [4.78, 5) is 23.6.